The van der Waals surface area contributed by atoms with Crippen LogP contribution in [0, 0.1) is 6.92 Å². The second-order valence-electron chi connectivity index (χ2n) is 8.47. The number of hydrogen-bond acceptors (Lipinski definition) is 4. The van der Waals surface area contributed by atoms with Crippen LogP contribution in [0.5, 0.6) is 0 Å². The molecule has 0 fully saturated rings. The molecule has 2 aromatic carbocycles. The van der Waals surface area contributed by atoms with E-state index in [9.17, 15) is 13.2 Å². The highest BCUT2D eigenvalue weighted by Crippen LogP contribution is 2.23. The summed E-state index contributed by atoms with van der Waals surface area (Å²) in [6.45, 7) is 10.2. The Balaban J connectivity index is 1.87. The van der Waals surface area contributed by atoms with Crippen LogP contribution in [0.25, 0.3) is 0 Å². The molecule has 0 aliphatic heterocycles. The fourth-order valence-corrected chi connectivity index (χ4v) is 5.33. The van der Waals surface area contributed by atoms with E-state index in [0.717, 1.165) is 11.1 Å². The molecule has 33 heavy (non-hydrogen) atoms. The van der Waals surface area contributed by atoms with Gasteiger partial charge in [-0.25, -0.2) is 13.4 Å². The number of carbonyl (C=O) groups is 1. The van der Waals surface area contributed by atoms with Crippen molar-refractivity contribution in [3.05, 3.63) is 95.8 Å². The topological polar surface area (TPSA) is 72.3 Å². The van der Waals surface area contributed by atoms with Crippen LogP contribution in [0.15, 0.2) is 78.6 Å². The number of imidazole rings is 1. The molecule has 0 N–H and O–H groups in total. The summed E-state index contributed by atoms with van der Waals surface area (Å²) in [7, 11) is -3.67. The number of rotatable bonds is 10. The number of hydrogen-bond donors (Lipinski definition) is 0. The van der Waals surface area contributed by atoms with Crippen LogP contribution >= 0.6 is 0 Å². The summed E-state index contributed by atoms with van der Waals surface area (Å²) < 4.78 is 28.2. The molecule has 6 nitrogen and oxygen atoms in total. The van der Waals surface area contributed by atoms with Crippen molar-refractivity contribution in [2.24, 2.45) is 0 Å². The molecule has 1 aromatic heterocycles. The van der Waals surface area contributed by atoms with Crippen molar-refractivity contribution in [1.82, 2.24) is 14.5 Å². The third-order valence-corrected chi connectivity index (χ3v) is 6.94. The lowest BCUT2D eigenvalue weighted by atomic mass is 10.1. The van der Waals surface area contributed by atoms with E-state index in [1.807, 2.05) is 75.4 Å². The molecule has 0 aliphatic carbocycles. The first-order valence-electron chi connectivity index (χ1n) is 11.0. The predicted molar refractivity (Wildman–Crippen MR) is 130 cm³/mol. The molecule has 7 heteroatoms. The van der Waals surface area contributed by atoms with E-state index >= 15 is 0 Å². The van der Waals surface area contributed by atoms with Gasteiger partial charge in [-0.2, -0.15) is 0 Å². The maximum atomic E-state index is 13.2. The summed E-state index contributed by atoms with van der Waals surface area (Å²) in [6, 6.07) is 16.9. The molecular weight excluding hydrogens is 434 g/mol. The first-order valence-corrected chi connectivity index (χ1v) is 12.6. The normalized spacial score (nSPS) is 11.5. The van der Waals surface area contributed by atoms with Gasteiger partial charge in [-0.3, -0.25) is 4.79 Å². The van der Waals surface area contributed by atoms with Crippen LogP contribution in [0.4, 0.5) is 0 Å². The van der Waals surface area contributed by atoms with Gasteiger partial charge < -0.3 is 9.47 Å². The minimum Gasteiger partial charge on any atom is -0.333 e. The van der Waals surface area contributed by atoms with Crippen molar-refractivity contribution >= 4 is 15.7 Å². The highest BCUT2D eigenvalue weighted by Gasteiger charge is 2.26. The number of nitrogens with zero attached hydrogens (tertiary/aromatic N) is 3. The summed E-state index contributed by atoms with van der Waals surface area (Å²) in [4.78, 5) is 19.0. The summed E-state index contributed by atoms with van der Waals surface area (Å²) in [5.41, 5.74) is 3.39. The van der Waals surface area contributed by atoms with Gasteiger partial charge in [0.05, 0.1) is 30.6 Å². The third kappa shape index (κ3) is 6.20. The zero-order valence-corrected chi connectivity index (χ0v) is 20.3. The van der Waals surface area contributed by atoms with Crippen molar-refractivity contribution in [1.29, 1.82) is 0 Å². The lowest BCUT2D eigenvalue weighted by Crippen LogP contribution is -2.33. The molecule has 0 radical (unpaired) electrons. The van der Waals surface area contributed by atoms with Crippen molar-refractivity contribution in [3.8, 4) is 0 Å². The second-order valence-corrected chi connectivity index (χ2v) is 10.3. The Kier molecular flexibility index (Phi) is 7.87. The fraction of sp³-hybridized carbons (Fsp3) is 0.308. The Hall–Kier alpha value is -3.19. The van der Waals surface area contributed by atoms with Crippen molar-refractivity contribution in [2.45, 2.75) is 50.7 Å². The Morgan fingerprint density at radius 3 is 2.36 bits per heavy atom. The monoisotopic (exact) mass is 465 g/mol. The molecule has 174 valence electrons. The maximum absolute atomic E-state index is 13.2. The maximum Gasteiger partial charge on any atom is 0.228 e. The van der Waals surface area contributed by atoms with Crippen molar-refractivity contribution < 1.29 is 13.2 Å². The number of amides is 1. The van der Waals surface area contributed by atoms with Gasteiger partial charge >= 0.3 is 0 Å². The number of benzene rings is 2. The van der Waals surface area contributed by atoms with E-state index in [4.69, 9.17) is 0 Å². The highest BCUT2D eigenvalue weighted by atomic mass is 32.2. The standard InChI is InChI=1S/C26H31N3O3S/c1-5-15-28(25(30)16-22-9-7-6-8-10-22)18-24-17-27-26(29(24)20(2)3)33(31,32)19-23-13-11-21(4)12-14-23/h5-14,17,20H,1,15-16,18-19H2,2-4H3. The first-order chi connectivity index (χ1) is 15.7. The van der Waals surface area contributed by atoms with Gasteiger partial charge in [0.25, 0.3) is 0 Å². The van der Waals surface area contributed by atoms with Crippen LogP contribution in [0.1, 0.15) is 42.3 Å². The van der Waals surface area contributed by atoms with E-state index in [2.05, 4.69) is 11.6 Å². The highest BCUT2D eigenvalue weighted by molar-refractivity contribution is 7.90. The molecule has 0 atom stereocenters. The summed E-state index contributed by atoms with van der Waals surface area (Å²) in [5, 5.41) is 0.0298. The summed E-state index contributed by atoms with van der Waals surface area (Å²) >= 11 is 0. The predicted octanol–water partition coefficient (Wildman–Crippen LogP) is 4.50. The van der Waals surface area contributed by atoms with Gasteiger partial charge in [-0.1, -0.05) is 66.2 Å². The number of aromatic nitrogens is 2. The van der Waals surface area contributed by atoms with Gasteiger partial charge in [-0.05, 0) is 31.9 Å². The molecule has 3 aromatic rings. The van der Waals surface area contributed by atoms with Crippen molar-refractivity contribution in [2.75, 3.05) is 6.54 Å². The molecule has 3 rings (SSSR count). The molecule has 1 heterocycles. The quantitative estimate of drug-likeness (QED) is 0.413. The number of sulfone groups is 1. The number of carbonyl (C=O) groups excluding carboxylic acids is 1. The molecule has 0 unspecified atom stereocenters. The average molecular weight is 466 g/mol. The van der Waals surface area contributed by atoms with Crippen LogP contribution in [-0.4, -0.2) is 35.3 Å². The van der Waals surface area contributed by atoms with Crippen LogP contribution in [0.3, 0.4) is 0 Å². The van der Waals surface area contributed by atoms with E-state index in [0.29, 0.717) is 17.8 Å². The lowest BCUT2D eigenvalue weighted by molar-refractivity contribution is -0.130. The van der Waals surface area contributed by atoms with Gasteiger partial charge in [-0.15, -0.1) is 6.58 Å². The summed E-state index contributed by atoms with van der Waals surface area (Å²) in [5.74, 6) is -0.179. The minimum atomic E-state index is -3.67. The molecule has 0 bridgehead atoms. The van der Waals surface area contributed by atoms with Crippen LogP contribution in [0.2, 0.25) is 0 Å². The molecule has 0 saturated heterocycles. The average Bonchev–Trinajstić information content (AvgIpc) is 3.21. The summed E-state index contributed by atoms with van der Waals surface area (Å²) in [6.07, 6.45) is 3.50. The zero-order valence-electron chi connectivity index (χ0n) is 19.4. The van der Waals surface area contributed by atoms with E-state index in [1.54, 1.807) is 21.7 Å². The zero-order chi connectivity index (χ0) is 24.0. The van der Waals surface area contributed by atoms with Gasteiger partial charge in [0.1, 0.15) is 0 Å². The fourth-order valence-electron chi connectivity index (χ4n) is 3.73. The van der Waals surface area contributed by atoms with E-state index in [-0.39, 0.29) is 35.8 Å². The number of aryl methyl sites for hydroxylation is 1. The van der Waals surface area contributed by atoms with Crippen LogP contribution < -0.4 is 0 Å². The SMILES string of the molecule is C=CCN(Cc1cnc(S(=O)(=O)Cc2ccc(C)cc2)n1C(C)C)C(=O)Cc1ccccc1. The Morgan fingerprint density at radius 2 is 1.76 bits per heavy atom. The Morgan fingerprint density at radius 1 is 1.09 bits per heavy atom. The molecule has 0 saturated carbocycles. The molecule has 0 aliphatic rings. The largest absolute Gasteiger partial charge is 0.333 e. The first kappa shape index (κ1) is 24.5. The minimum absolute atomic E-state index is 0.0298. The Labute approximate surface area is 196 Å². The van der Waals surface area contributed by atoms with E-state index in [1.165, 1.54) is 0 Å². The van der Waals surface area contributed by atoms with Gasteiger partial charge in [0.2, 0.25) is 20.9 Å². The van der Waals surface area contributed by atoms with Crippen LogP contribution in [-0.2, 0) is 33.4 Å². The Bertz CT molecular complexity index is 1200. The molecule has 1 amide bonds. The van der Waals surface area contributed by atoms with Gasteiger partial charge in [0, 0.05) is 12.6 Å². The lowest BCUT2D eigenvalue weighted by Gasteiger charge is -2.23. The smallest absolute Gasteiger partial charge is 0.228 e. The van der Waals surface area contributed by atoms with Crippen molar-refractivity contribution in [3.63, 3.8) is 0 Å². The van der Waals surface area contributed by atoms with Gasteiger partial charge in [0.15, 0.2) is 0 Å². The second kappa shape index (κ2) is 10.6. The van der Waals surface area contributed by atoms with E-state index < -0.39 is 9.84 Å². The molecule has 0 spiro atoms. The molecular formula is C26H31N3O3S. The third-order valence-electron chi connectivity index (χ3n) is 5.36.